The van der Waals surface area contributed by atoms with Gasteiger partial charge < -0.3 is 19.5 Å². The number of anilines is 1. The molecule has 0 aliphatic carbocycles. The lowest BCUT2D eigenvalue weighted by Gasteiger charge is -2.08. The molecule has 0 spiro atoms. The standard InChI is InChI=1S/C22H17NO5/c24-21(23-18-7-3-5-16-4-1-2-6-17(16)18)13-26-22(25)11-9-15-8-10-19-20(12-15)28-14-27-19/h1-12H,13-14H2,(H,23,24). The zero-order chi connectivity index (χ0) is 19.3. The molecule has 1 N–H and O–H groups in total. The van der Waals surface area contributed by atoms with Crippen molar-refractivity contribution in [2.75, 3.05) is 18.7 Å². The van der Waals surface area contributed by atoms with Crippen molar-refractivity contribution in [2.45, 2.75) is 0 Å². The van der Waals surface area contributed by atoms with E-state index in [4.69, 9.17) is 14.2 Å². The average Bonchev–Trinajstić information content (AvgIpc) is 3.19. The predicted octanol–water partition coefficient (Wildman–Crippen LogP) is 3.76. The van der Waals surface area contributed by atoms with Crippen molar-refractivity contribution in [1.29, 1.82) is 0 Å². The molecular weight excluding hydrogens is 358 g/mol. The number of hydrogen-bond donors (Lipinski definition) is 1. The van der Waals surface area contributed by atoms with Gasteiger partial charge >= 0.3 is 5.97 Å². The van der Waals surface area contributed by atoms with Crippen molar-refractivity contribution in [2.24, 2.45) is 0 Å². The van der Waals surface area contributed by atoms with Gasteiger partial charge in [0, 0.05) is 17.1 Å². The van der Waals surface area contributed by atoms with Gasteiger partial charge in [-0.3, -0.25) is 4.79 Å². The first-order valence-electron chi connectivity index (χ1n) is 8.71. The SMILES string of the molecule is O=C(COC(=O)C=Cc1ccc2c(c1)OCO2)Nc1cccc2ccccc12. The van der Waals surface area contributed by atoms with E-state index in [2.05, 4.69) is 5.32 Å². The molecular formula is C22H17NO5. The van der Waals surface area contributed by atoms with Crippen LogP contribution in [-0.4, -0.2) is 25.3 Å². The highest BCUT2D eigenvalue weighted by atomic mass is 16.7. The number of fused-ring (bicyclic) bond motifs is 2. The predicted molar refractivity (Wildman–Crippen MR) is 105 cm³/mol. The minimum atomic E-state index is -0.606. The summed E-state index contributed by atoms with van der Waals surface area (Å²) < 4.78 is 15.5. The Morgan fingerprint density at radius 1 is 1.00 bits per heavy atom. The summed E-state index contributed by atoms with van der Waals surface area (Å²) in [6.07, 6.45) is 2.86. The maximum absolute atomic E-state index is 12.1. The van der Waals surface area contributed by atoms with Crippen LogP contribution < -0.4 is 14.8 Å². The zero-order valence-corrected chi connectivity index (χ0v) is 14.9. The van der Waals surface area contributed by atoms with E-state index in [9.17, 15) is 9.59 Å². The molecule has 28 heavy (non-hydrogen) atoms. The number of nitrogens with one attached hydrogen (secondary N) is 1. The van der Waals surface area contributed by atoms with E-state index in [1.165, 1.54) is 6.08 Å². The van der Waals surface area contributed by atoms with E-state index in [-0.39, 0.29) is 13.4 Å². The van der Waals surface area contributed by atoms with E-state index in [1.807, 2.05) is 42.5 Å². The van der Waals surface area contributed by atoms with Gasteiger partial charge in [0.15, 0.2) is 18.1 Å². The number of ether oxygens (including phenoxy) is 3. The number of carbonyl (C=O) groups excluding carboxylic acids is 2. The number of carbonyl (C=O) groups is 2. The fraction of sp³-hybridized carbons (Fsp3) is 0.0909. The Kier molecular flexibility index (Phi) is 4.93. The molecule has 1 amide bonds. The zero-order valence-electron chi connectivity index (χ0n) is 14.9. The lowest BCUT2D eigenvalue weighted by molar-refractivity contribution is -0.142. The molecule has 1 heterocycles. The quantitative estimate of drug-likeness (QED) is 0.543. The molecule has 0 bridgehead atoms. The summed E-state index contributed by atoms with van der Waals surface area (Å²) in [5.74, 6) is 0.293. The molecule has 0 radical (unpaired) electrons. The van der Waals surface area contributed by atoms with Crippen molar-refractivity contribution in [1.82, 2.24) is 0 Å². The normalized spacial score (nSPS) is 12.3. The Morgan fingerprint density at radius 3 is 2.75 bits per heavy atom. The number of amides is 1. The van der Waals surface area contributed by atoms with Crippen LogP contribution in [-0.2, 0) is 14.3 Å². The van der Waals surface area contributed by atoms with Crippen LogP contribution in [0.5, 0.6) is 11.5 Å². The second kappa shape index (κ2) is 7.84. The molecule has 3 aromatic carbocycles. The van der Waals surface area contributed by atoms with Crippen LogP contribution in [0.25, 0.3) is 16.8 Å². The summed E-state index contributed by atoms with van der Waals surface area (Å²) in [7, 11) is 0. The lowest BCUT2D eigenvalue weighted by atomic mass is 10.1. The summed E-state index contributed by atoms with van der Waals surface area (Å²) in [5, 5.41) is 4.71. The maximum atomic E-state index is 12.1. The molecule has 6 heteroatoms. The number of esters is 1. The van der Waals surface area contributed by atoms with Gasteiger partial charge in [-0.1, -0.05) is 42.5 Å². The van der Waals surface area contributed by atoms with Gasteiger partial charge in [0.1, 0.15) is 0 Å². The Balaban J connectivity index is 1.32. The van der Waals surface area contributed by atoms with Gasteiger partial charge in [0.2, 0.25) is 6.79 Å². The van der Waals surface area contributed by atoms with Crippen LogP contribution >= 0.6 is 0 Å². The van der Waals surface area contributed by atoms with E-state index in [1.54, 1.807) is 24.3 Å². The van der Waals surface area contributed by atoms with Crippen LogP contribution in [0, 0.1) is 0 Å². The molecule has 1 aliphatic heterocycles. The average molecular weight is 375 g/mol. The van der Waals surface area contributed by atoms with Crippen molar-refractivity contribution in [3.63, 3.8) is 0 Å². The van der Waals surface area contributed by atoms with Gasteiger partial charge in [-0.2, -0.15) is 0 Å². The minimum Gasteiger partial charge on any atom is -0.454 e. The van der Waals surface area contributed by atoms with Crippen molar-refractivity contribution < 1.29 is 23.8 Å². The summed E-state index contributed by atoms with van der Waals surface area (Å²) in [6.45, 7) is -0.177. The second-order valence-electron chi connectivity index (χ2n) is 6.13. The van der Waals surface area contributed by atoms with Crippen LogP contribution in [0.1, 0.15) is 5.56 Å². The van der Waals surface area contributed by atoms with E-state index in [0.29, 0.717) is 17.2 Å². The highest BCUT2D eigenvalue weighted by Crippen LogP contribution is 2.32. The fourth-order valence-corrected chi connectivity index (χ4v) is 2.89. The summed E-state index contributed by atoms with van der Waals surface area (Å²) >= 11 is 0. The Bertz CT molecular complexity index is 1070. The van der Waals surface area contributed by atoms with E-state index < -0.39 is 11.9 Å². The summed E-state index contributed by atoms with van der Waals surface area (Å²) in [4.78, 5) is 24.0. The maximum Gasteiger partial charge on any atom is 0.331 e. The lowest BCUT2D eigenvalue weighted by Crippen LogP contribution is -2.20. The molecule has 4 rings (SSSR count). The monoisotopic (exact) mass is 375 g/mol. The van der Waals surface area contributed by atoms with Crippen molar-refractivity contribution in [3.8, 4) is 11.5 Å². The molecule has 6 nitrogen and oxygen atoms in total. The number of hydrogen-bond acceptors (Lipinski definition) is 5. The number of rotatable bonds is 5. The van der Waals surface area contributed by atoms with Crippen LogP contribution in [0.15, 0.2) is 66.7 Å². The van der Waals surface area contributed by atoms with Crippen LogP contribution in [0.4, 0.5) is 5.69 Å². The van der Waals surface area contributed by atoms with Crippen LogP contribution in [0.3, 0.4) is 0 Å². The third-order valence-corrected chi connectivity index (χ3v) is 4.22. The van der Waals surface area contributed by atoms with Crippen molar-refractivity contribution in [3.05, 3.63) is 72.3 Å². The summed E-state index contributed by atoms with van der Waals surface area (Å²) in [5.41, 5.74) is 1.44. The van der Waals surface area contributed by atoms with E-state index >= 15 is 0 Å². The van der Waals surface area contributed by atoms with Gasteiger partial charge in [-0.15, -0.1) is 0 Å². The third-order valence-electron chi connectivity index (χ3n) is 4.22. The molecule has 0 aromatic heterocycles. The Hall–Kier alpha value is -3.80. The first-order valence-corrected chi connectivity index (χ1v) is 8.71. The van der Waals surface area contributed by atoms with Gasteiger partial charge in [0.25, 0.3) is 5.91 Å². The Morgan fingerprint density at radius 2 is 1.82 bits per heavy atom. The summed E-state index contributed by atoms with van der Waals surface area (Å²) in [6, 6.07) is 18.7. The Labute approximate surface area is 161 Å². The molecule has 0 fully saturated rings. The molecule has 0 saturated heterocycles. The first kappa shape index (κ1) is 17.6. The largest absolute Gasteiger partial charge is 0.454 e. The smallest absolute Gasteiger partial charge is 0.331 e. The molecule has 0 saturated carbocycles. The van der Waals surface area contributed by atoms with Gasteiger partial charge in [0.05, 0.1) is 0 Å². The minimum absolute atomic E-state index is 0.191. The highest BCUT2D eigenvalue weighted by Gasteiger charge is 2.12. The molecule has 0 unspecified atom stereocenters. The van der Waals surface area contributed by atoms with Gasteiger partial charge in [-0.25, -0.2) is 4.79 Å². The number of benzene rings is 3. The van der Waals surface area contributed by atoms with Crippen molar-refractivity contribution >= 4 is 34.4 Å². The highest BCUT2D eigenvalue weighted by molar-refractivity contribution is 6.03. The molecule has 0 atom stereocenters. The fourth-order valence-electron chi connectivity index (χ4n) is 2.89. The second-order valence-corrected chi connectivity index (χ2v) is 6.13. The first-order chi connectivity index (χ1) is 13.7. The molecule has 1 aliphatic rings. The van der Waals surface area contributed by atoms with Gasteiger partial charge in [-0.05, 0) is 35.2 Å². The molecule has 140 valence electrons. The van der Waals surface area contributed by atoms with Crippen LogP contribution in [0.2, 0.25) is 0 Å². The topological polar surface area (TPSA) is 73.9 Å². The third kappa shape index (κ3) is 3.96. The van der Waals surface area contributed by atoms with E-state index in [0.717, 1.165) is 16.3 Å². The molecule has 3 aromatic rings.